The molecule has 5 heteroatoms. The Morgan fingerprint density at radius 2 is 1.96 bits per heavy atom. The molecular weight excluding hydrogens is 413 g/mol. The molecule has 1 aromatic rings. The molecule has 3 unspecified atom stereocenters. The van der Waals surface area contributed by atoms with Crippen LogP contribution in [-0.4, -0.2) is 37.8 Å². The largest absolute Gasteiger partial charge is 0.373 e. The van der Waals surface area contributed by atoms with Gasteiger partial charge < -0.3 is 15.4 Å². The molecule has 0 radical (unpaired) electrons. The van der Waals surface area contributed by atoms with E-state index in [9.17, 15) is 0 Å². The summed E-state index contributed by atoms with van der Waals surface area (Å²) in [6.45, 7) is 7.49. The first kappa shape index (κ1) is 19.5. The van der Waals surface area contributed by atoms with E-state index < -0.39 is 0 Å². The van der Waals surface area contributed by atoms with Crippen molar-refractivity contribution in [1.82, 2.24) is 10.6 Å². The highest BCUT2D eigenvalue weighted by Crippen LogP contribution is 2.34. The molecule has 2 aliphatic heterocycles. The number of hydrogen-bond acceptors (Lipinski definition) is 2. The van der Waals surface area contributed by atoms with E-state index >= 15 is 0 Å². The first-order chi connectivity index (χ1) is 11.0. The molecule has 2 bridgehead atoms. The number of ether oxygens (including phenoxy) is 1. The molecule has 2 heterocycles. The molecule has 4 nitrogen and oxygen atoms in total. The van der Waals surface area contributed by atoms with Crippen molar-refractivity contribution >= 4 is 29.9 Å². The Bertz CT molecular complexity index is 570. The fraction of sp³-hybridized carbons (Fsp3) is 0.632. The zero-order valence-corrected chi connectivity index (χ0v) is 17.5. The summed E-state index contributed by atoms with van der Waals surface area (Å²) < 4.78 is 5.91. The fourth-order valence-electron chi connectivity index (χ4n) is 3.57. The van der Waals surface area contributed by atoms with Crippen molar-refractivity contribution < 1.29 is 4.74 Å². The molecule has 1 aromatic carbocycles. The van der Waals surface area contributed by atoms with Crippen LogP contribution >= 0.6 is 24.0 Å². The number of nitrogens with one attached hydrogen (secondary N) is 2. The van der Waals surface area contributed by atoms with Crippen molar-refractivity contribution in [3.05, 3.63) is 35.4 Å². The maximum Gasteiger partial charge on any atom is 0.191 e. The lowest BCUT2D eigenvalue weighted by Gasteiger charge is -2.28. The highest BCUT2D eigenvalue weighted by atomic mass is 127. The van der Waals surface area contributed by atoms with E-state index in [2.05, 4.69) is 60.7 Å². The number of halogens is 1. The first-order valence-corrected chi connectivity index (χ1v) is 8.68. The van der Waals surface area contributed by atoms with Crippen LogP contribution in [0.3, 0.4) is 0 Å². The van der Waals surface area contributed by atoms with E-state index in [0.29, 0.717) is 18.2 Å². The van der Waals surface area contributed by atoms with Crippen molar-refractivity contribution in [1.29, 1.82) is 0 Å². The molecule has 24 heavy (non-hydrogen) atoms. The highest BCUT2D eigenvalue weighted by molar-refractivity contribution is 14.0. The van der Waals surface area contributed by atoms with Crippen molar-refractivity contribution in [3.63, 3.8) is 0 Å². The maximum atomic E-state index is 5.91. The molecule has 0 aliphatic carbocycles. The topological polar surface area (TPSA) is 45.7 Å². The van der Waals surface area contributed by atoms with Crippen LogP contribution in [0.1, 0.15) is 44.2 Å². The average Bonchev–Trinajstić information content (AvgIpc) is 3.14. The number of hydrogen-bond donors (Lipinski definition) is 2. The smallest absolute Gasteiger partial charge is 0.191 e. The SMILES string of the molecule is CN=C(NCC(C)(C)c1ccc(C)cc1)NC1CC2CCC1O2.I. The van der Waals surface area contributed by atoms with E-state index in [1.54, 1.807) is 0 Å². The van der Waals surface area contributed by atoms with Gasteiger partial charge in [-0.3, -0.25) is 4.99 Å². The van der Waals surface area contributed by atoms with Gasteiger partial charge in [0.1, 0.15) is 0 Å². The summed E-state index contributed by atoms with van der Waals surface area (Å²) >= 11 is 0. The van der Waals surface area contributed by atoms with Crippen LogP contribution in [0, 0.1) is 6.92 Å². The first-order valence-electron chi connectivity index (χ1n) is 8.68. The number of fused-ring (bicyclic) bond motifs is 2. The van der Waals surface area contributed by atoms with Crippen molar-refractivity contribution in [2.24, 2.45) is 4.99 Å². The fourth-order valence-corrected chi connectivity index (χ4v) is 3.57. The van der Waals surface area contributed by atoms with Crippen LogP contribution in [-0.2, 0) is 10.2 Å². The molecule has 0 amide bonds. The molecule has 2 saturated heterocycles. The Labute approximate surface area is 162 Å². The van der Waals surface area contributed by atoms with Crippen LogP contribution in [0.2, 0.25) is 0 Å². The number of rotatable bonds is 4. The van der Waals surface area contributed by atoms with Crippen molar-refractivity contribution in [3.8, 4) is 0 Å². The van der Waals surface area contributed by atoms with Gasteiger partial charge in [-0.25, -0.2) is 0 Å². The van der Waals surface area contributed by atoms with Crippen molar-refractivity contribution in [2.45, 2.75) is 63.7 Å². The molecule has 0 aromatic heterocycles. The second kappa shape index (κ2) is 8.04. The van der Waals surface area contributed by atoms with Crippen LogP contribution in [0.4, 0.5) is 0 Å². The summed E-state index contributed by atoms with van der Waals surface area (Å²) in [5.74, 6) is 0.881. The van der Waals surface area contributed by atoms with E-state index in [4.69, 9.17) is 4.74 Å². The molecule has 3 rings (SSSR count). The van der Waals surface area contributed by atoms with Gasteiger partial charge in [-0.1, -0.05) is 43.7 Å². The predicted molar refractivity (Wildman–Crippen MR) is 110 cm³/mol. The lowest BCUT2D eigenvalue weighted by molar-refractivity contribution is 0.0992. The van der Waals surface area contributed by atoms with Crippen LogP contribution < -0.4 is 10.6 Å². The molecule has 2 fully saturated rings. The Morgan fingerprint density at radius 3 is 2.50 bits per heavy atom. The maximum absolute atomic E-state index is 5.91. The van der Waals surface area contributed by atoms with E-state index in [1.165, 1.54) is 24.0 Å². The van der Waals surface area contributed by atoms with E-state index in [1.807, 2.05) is 7.05 Å². The van der Waals surface area contributed by atoms with Crippen LogP contribution in [0.5, 0.6) is 0 Å². The number of aryl methyl sites for hydroxylation is 1. The lowest BCUT2D eigenvalue weighted by atomic mass is 9.84. The molecule has 2 N–H and O–H groups in total. The summed E-state index contributed by atoms with van der Waals surface area (Å²) in [7, 11) is 1.84. The zero-order chi connectivity index (χ0) is 16.4. The summed E-state index contributed by atoms with van der Waals surface area (Å²) in [5.41, 5.74) is 2.69. The van der Waals surface area contributed by atoms with Gasteiger partial charge >= 0.3 is 0 Å². The minimum atomic E-state index is 0. The molecular formula is C19H30IN3O. The van der Waals surface area contributed by atoms with E-state index in [-0.39, 0.29) is 29.4 Å². The van der Waals surface area contributed by atoms with Crippen LogP contribution in [0.15, 0.2) is 29.3 Å². The van der Waals surface area contributed by atoms with Gasteiger partial charge in [-0.2, -0.15) is 0 Å². The Morgan fingerprint density at radius 1 is 1.25 bits per heavy atom. The molecule has 0 spiro atoms. The minimum absolute atomic E-state index is 0. The van der Waals surface area contributed by atoms with Gasteiger partial charge in [-0.15, -0.1) is 24.0 Å². The third-order valence-electron chi connectivity index (χ3n) is 5.18. The molecule has 134 valence electrons. The summed E-state index contributed by atoms with van der Waals surface area (Å²) in [4.78, 5) is 4.38. The van der Waals surface area contributed by atoms with Crippen LogP contribution in [0.25, 0.3) is 0 Å². The van der Waals surface area contributed by atoms with Gasteiger partial charge in [0.15, 0.2) is 5.96 Å². The van der Waals surface area contributed by atoms with E-state index in [0.717, 1.165) is 18.9 Å². The second-order valence-electron chi connectivity index (χ2n) is 7.54. The molecule has 0 saturated carbocycles. The molecule has 3 atom stereocenters. The van der Waals surface area contributed by atoms with Gasteiger partial charge in [0.05, 0.1) is 18.2 Å². The quantitative estimate of drug-likeness (QED) is 0.426. The Hall–Kier alpha value is -0.820. The Balaban J connectivity index is 0.00000208. The third kappa shape index (κ3) is 4.42. The van der Waals surface area contributed by atoms with Crippen molar-refractivity contribution in [2.75, 3.05) is 13.6 Å². The summed E-state index contributed by atoms with van der Waals surface area (Å²) in [6.07, 6.45) is 4.32. The highest BCUT2D eigenvalue weighted by Gasteiger charge is 2.41. The van der Waals surface area contributed by atoms with Gasteiger partial charge in [0.2, 0.25) is 0 Å². The number of benzene rings is 1. The normalized spacial score (nSPS) is 26.2. The second-order valence-corrected chi connectivity index (χ2v) is 7.54. The van der Waals surface area contributed by atoms with Gasteiger partial charge in [0.25, 0.3) is 0 Å². The Kier molecular flexibility index (Phi) is 6.53. The zero-order valence-electron chi connectivity index (χ0n) is 15.1. The minimum Gasteiger partial charge on any atom is -0.373 e. The average molecular weight is 443 g/mol. The van der Waals surface area contributed by atoms with Gasteiger partial charge in [-0.05, 0) is 31.7 Å². The molecule has 2 aliphatic rings. The number of guanidine groups is 1. The summed E-state index contributed by atoms with van der Waals surface area (Å²) in [5, 5.41) is 7.04. The third-order valence-corrected chi connectivity index (χ3v) is 5.18. The number of nitrogens with zero attached hydrogens (tertiary/aromatic N) is 1. The lowest BCUT2D eigenvalue weighted by Crippen LogP contribution is -2.49. The standard InChI is InChI=1S/C19H29N3O.HI/c1-13-5-7-14(8-6-13)19(2,3)12-21-18(20-4)22-16-11-15-9-10-17(16)23-15;/h5-8,15-17H,9-12H2,1-4H3,(H2,20,21,22);1H. The van der Waals surface area contributed by atoms with Gasteiger partial charge in [0, 0.05) is 19.0 Å². The monoisotopic (exact) mass is 443 g/mol. The number of aliphatic imine (C=N–C) groups is 1. The summed E-state index contributed by atoms with van der Waals surface area (Å²) in [6, 6.07) is 9.20. The predicted octanol–water partition coefficient (Wildman–Crippen LogP) is 3.38.